The highest BCUT2D eigenvalue weighted by Gasteiger charge is 2.39. The molecule has 0 aliphatic carbocycles. The van der Waals surface area contributed by atoms with E-state index in [2.05, 4.69) is 28.9 Å². The van der Waals surface area contributed by atoms with E-state index in [0.717, 1.165) is 29.0 Å². The van der Waals surface area contributed by atoms with E-state index in [4.69, 9.17) is 0 Å². The number of hydrogen-bond acceptors (Lipinski definition) is 3. The van der Waals surface area contributed by atoms with Gasteiger partial charge in [0, 0.05) is 5.69 Å². The predicted molar refractivity (Wildman–Crippen MR) is 69.4 cm³/mol. The minimum absolute atomic E-state index is 0.0724. The van der Waals surface area contributed by atoms with Crippen molar-refractivity contribution in [1.82, 2.24) is 0 Å². The van der Waals surface area contributed by atoms with Gasteiger partial charge in [-0.2, -0.15) is 0 Å². The highest BCUT2D eigenvalue weighted by molar-refractivity contribution is 6.07. The van der Waals surface area contributed by atoms with Gasteiger partial charge in [-0.25, -0.2) is 0 Å². The zero-order valence-corrected chi connectivity index (χ0v) is 10.3. The van der Waals surface area contributed by atoms with Crippen LogP contribution < -0.4 is 16.0 Å². The summed E-state index contributed by atoms with van der Waals surface area (Å²) in [5.41, 5.74) is 3.75. The number of anilines is 3. The summed E-state index contributed by atoms with van der Waals surface area (Å²) >= 11 is 0. The fourth-order valence-electron chi connectivity index (χ4n) is 2.48. The van der Waals surface area contributed by atoms with E-state index in [1.165, 1.54) is 0 Å². The fourth-order valence-corrected chi connectivity index (χ4v) is 2.48. The third kappa shape index (κ3) is 1.33. The van der Waals surface area contributed by atoms with E-state index in [1.54, 1.807) is 0 Å². The van der Waals surface area contributed by atoms with E-state index in [9.17, 15) is 4.79 Å². The molecule has 0 fully saturated rings. The van der Waals surface area contributed by atoms with Gasteiger partial charge in [0.2, 0.25) is 5.91 Å². The second-order valence-electron chi connectivity index (χ2n) is 5.27. The van der Waals surface area contributed by atoms with Crippen molar-refractivity contribution in [3.63, 3.8) is 0 Å². The second kappa shape index (κ2) is 3.15. The van der Waals surface area contributed by atoms with Crippen LogP contribution in [0.2, 0.25) is 0 Å². The van der Waals surface area contributed by atoms with Crippen LogP contribution in [0.15, 0.2) is 12.1 Å². The number of fused-ring (bicyclic) bond motifs is 2. The standard InChI is InChI=1S/C13H17N3O/c1-4-11-14-9-5-7-8(6-10(9)15-11)16-12(17)13(7,2)3/h5-6,11,14-15H,4H2,1-3H3,(H,16,17). The molecule has 4 nitrogen and oxygen atoms in total. The number of rotatable bonds is 1. The molecule has 1 amide bonds. The molecule has 0 bridgehead atoms. The Kier molecular flexibility index (Phi) is 1.94. The first-order valence-corrected chi connectivity index (χ1v) is 6.05. The highest BCUT2D eigenvalue weighted by atomic mass is 16.2. The number of carbonyl (C=O) groups is 1. The molecule has 1 atom stereocenters. The zero-order valence-electron chi connectivity index (χ0n) is 10.3. The molecule has 90 valence electrons. The molecular formula is C13H17N3O. The Hall–Kier alpha value is -1.71. The van der Waals surface area contributed by atoms with E-state index >= 15 is 0 Å². The van der Waals surface area contributed by atoms with Crippen molar-refractivity contribution in [3.8, 4) is 0 Å². The molecule has 1 aromatic rings. The number of benzene rings is 1. The summed E-state index contributed by atoms with van der Waals surface area (Å²) in [6.45, 7) is 6.05. The van der Waals surface area contributed by atoms with Crippen LogP contribution >= 0.6 is 0 Å². The van der Waals surface area contributed by atoms with E-state index in [1.807, 2.05) is 19.9 Å². The van der Waals surface area contributed by atoms with E-state index < -0.39 is 5.41 Å². The smallest absolute Gasteiger partial charge is 0.234 e. The van der Waals surface area contributed by atoms with Crippen molar-refractivity contribution in [2.24, 2.45) is 0 Å². The van der Waals surface area contributed by atoms with Gasteiger partial charge in [-0.05, 0) is 38.0 Å². The molecule has 0 spiro atoms. The third-order valence-electron chi connectivity index (χ3n) is 3.71. The number of carbonyl (C=O) groups excluding carboxylic acids is 1. The minimum Gasteiger partial charge on any atom is -0.364 e. The lowest BCUT2D eigenvalue weighted by atomic mass is 9.86. The maximum atomic E-state index is 11.9. The molecule has 1 aromatic carbocycles. The van der Waals surface area contributed by atoms with Gasteiger partial charge in [0.15, 0.2) is 0 Å². The van der Waals surface area contributed by atoms with Crippen LogP contribution in [0.5, 0.6) is 0 Å². The molecule has 1 unspecified atom stereocenters. The summed E-state index contributed by atoms with van der Waals surface area (Å²) in [5, 5.41) is 9.75. The molecule has 0 aromatic heterocycles. The zero-order chi connectivity index (χ0) is 12.2. The topological polar surface area (TPSA) is 53.2 Å². The molecule has 3 rings (SSSR count). The van der Waals surface area contributed by atoms with Gasteiger partial charge in [-0.15, -0.1) is 0 Å². The maximum absolute atomic E-state index is 11.9. The molecule has 3 N–H and O–H groups in total. The molecule has 4 heteroatoms. The first-order chi connectivity index (χ1) is 8.02. The quantitative estimate of drug-likeness (QED) is 0.696. The summed E-state index contributed by atoms with van der Waals surface area (Å²) in [7, 11) is 0. The van der Waals surface area contributed by atoms with Crippen molar-refractivity contribution < 1.29 is 4.79 Å². The van der Waals surface area contributed by atoms with Crippen LogP contribution in [0.25, 0.3) is 0 Å². The highest BCUT2D eigenvalue weighted by Crippen LogP contribution is 2.43. The molecule has 2 heterocycles. The first kappa shape index (κ1) is 10.4. The Labute approximate surface area is 101 Å². The summed E-state index contributed by atoms with van der Waals surface area (Å²) in [4.78, 5) is 11.9. The van der Waals surface area contributed by atoms with Crippen molar-refractivity contribution >= 4 is 23.0 Å². The Balaban J connectivity index is 2.07. The van der Waals surface area contributed by atoms with Crippen molar-refractivity contribution in [2.45, 2.75) is 38.8 Å². The van der Waals surface area contributed by atoms with Gasteiger partial charge < -0.3 is 16.0 Å². The monoisotopic (exact) mass is 231 g/mol. The maximum Gasteiger partial charge on any atom is 0.234 e. The molecular weight excluding hydrogens is 214 g/mol. The van der Waals surface area contributed by atoms with Crippen molar-refractivity contribution in [1.29, 1.82) is 0 Å². The SMILES string of the molecule is CCC1Nc2cc3c(cc2N1)C(C)(C)C(=O)N3. The van der Waals surface area contributed by atoms with Crippen LogP contribution in [0.1, 0.15) is 32.8 Å². The molecule has 2 aliphatic heterocycles. The van der Waals surface area contributed by atoms with Gasteiger partial charge >= 0.3 is 0 Å². The minimum atomic E-state index is -0.434. The molecule has 17 heavy (non-hydrogen) atoms. The van der Waals surface area contributed by atoms with E-state index in [0.29, 0.717) is 6.17 Å². The molecule has 0 radical (unpaired) electrons. The number of hydrogen-bond donors (Lipinski definition) is 3. The van der Waals surface area contributed by atoms with Gasteiger partial charge in [0.1, 0.15) is 0 Å². The Bertz CT molecular complexity index is 508. The largest absolute Gasteiger partial charge is 0.364 e. The molecule has 2 aliphatic rings. The van der Waals surface area contributed by atoms with Gasteiger partial charge in [-0.3, -0.25) is 4.79 Å². The van der Waals surface area contributed by atoms with Gasteiger partial charge in [0.05, 0.1) is 23.0 Å². The van der Waals surface area contributed by atoms with Crippen molar-refractivity contribution in [3.05, 3.63) is 17.7 Å². The van der Waals surface area contributed by atoms with Gasteiger partial charge in [-0.1, -0.05) is 6.92 Å². The van der Waals surface area contributed by atoms with Crippen LogP contribution in [0.4, 0.5) is 17.1 Å². The predicted octanol–water partition coefficient (Wildman–Crippen LogP) is 2.49. The first-order valence-electron chi connectivity index (χ1n) is 6.05. The van der Waals surface area contributed by atoms with Crippen LogP contribution in [-0.2, 0) is 10.2 Å². The summed E-state index contributed by atoms with van der Waals surface area (Å²) in [6.07, 6.45) is 1.32. The molecule has 0 saturated heterocycles. The lowest BCUT2D eigenvalue weighted by Gasteiger charge is -2.15. The summed E-state index contributed by atoms with van der Waals surface area (Å²) < 4.78 is 0. The van der Waals surface area contributed by atoms with Crippen LogP contribution in [0, 0.1) is 0 Å². The van der Waals surface area contributed by atoms with Crippen LogP contribution in [-0.4, -0.2) is 12.1 Å². The second-order valence-corrected chi connectivity index (χ2v) is 5.27. The lowest BCUT2D eigenvalue weighted by molar-refractivity contribution is -0.119. The fraction of sp³-hybridized carbons (Fsp3) is 0.462. The van der Waals surface area contributed by atoms with E-state index in [-0.39, 0.29) is 5.91 Å². The Morgan fingerprint density at radius 2 is 1.82 bits per heavy atom. The van der Waals surface area contributed by atoms with Gasteiger partial charge in [0.25, 0.3) is 0 Å². The Morgan fingerprint density at radius 3 is 2.47 bits per heavy atom. The summed E-state index contributed by atoms with van der Waals surface area (Å²) in [6, 6.07) is 4.12. The average molecular weight is 231 g/mol. The molecule has 0 saturated carbocycles. The number of nitrogens with one attached hydrogen (secondary N) is 3. The number of amides is 1. The average Bonchev–Trinajstić information content (AvgIpc) is 2.77. The lowest BCUT2D eigenvalue weighted by Crippen LogP contribution is -2.27. The Morgan fingerprint density at radius 1 is 1.18 bits per heavy atom. The van der Waals surface area contributed by atoms with Crippen molar-refractivity contribution in [2.75, 3.05) is 16.0 Å². The van der Waals surface area contributed by atoms with Crippen LogP contribution in [0.3, 0.4) is 0 Å². The summed E-state index contributed by atoms with van der Waals surface area (Å²) in [5.74, 6) is 0.0724. The normalized spacial score (nSPS) is 23.5. The third-order valence-corrected chi connectivity index (χ3v) is 3.71.